The number of para-hydroxylation sites is 1. The summed E-state index contributed by atoms with van der Waals surface area (Å²) in [6.07, 6.45) is 1.40. The molecule has 4 atom stereocenters. The number of rotatable bonds is 7. The molecule has 4 heterocycles. The van der Waals surface area contributed by atoms with E-state index in [1.165, 1.54) is 0 Å². The first kappa shape index (κ1) is 32.1. The Balaban J connectivity index is 1.64. The standard InChI is InChI=1S/C32H48N2O7Si2/c1-21(2)42(22(3)4)37-19-26-18-32(36,20-38-43(41-42,23(5)6)24(7)8)29(40-31(35)27-13-11-16-33-27)30(39-26)34-17-15-25-12-9-10-14-28(25)34/h9-17,21-24,26,29-30,33,36H,18-20H2,1-8H3/t26?,29?,30-,32?/m1/s1. The quantitative estimate of drug-likeness (QED) is 0.219. The van der Waals surface area contributed by atoms with Crippen molar-refractivity contribution in [2.45, 2.75) is 108 Å². The van der Waals surface area contributed by atoms with Crippen molar-refractivity contribution in [3.63, 3.8) is 0 Å². The molecule has 9 nitrogen and oxygen atoms in total. The summed E-state index contributed by atoms with van der Waals surface area (Å²) in [5.74, 6) is -0.571. The van der Waals surface area contributed by atoms with Crippen molar-refractivity contribution < 1.29 is 32.3 Å². The zero-order valence-electron chi connectivity index (χ0n) is 26.7. The number of aromatic amines is 1. The average Bonchev–Trinajstić information content (AvgIpc) is 3.64. The number of carbonyl (C=O) groups is 1. The molecule has 0 spiro atoms. The normalized spacial score (nSPS) is 27.7. The monoisotopic (exact) mass is 628 g/mol. The van der Waals surface area contributed by atoms with Gasteiger partial charge in [0.2, 0.25) is 0 Å². The highest BCUT2D eigenvalue weighted by Crippen LogP contribution is 2.47. The van der Waals surface area contributed by atoms with E-state index in [9.17, 15) is 9.90 Å². The lowest BCUT2D eigenvalue weighted by atomic mass is 9.86. The molecule has 0 aliphatic carbocycles. The SMILES string of the molecule is CC(C)[Si]1(C(C)C)OCC2CC(O)(CO[Si](C(C)C)(C(C)C)O1)C(OC(=O)c1ccc[nH]1)[C@H](n1ccc3ccccc31)O2. The smallest absolute Gasteiger partial charge is 0.355 e. The first-order valence-corrected chi connectivity index (χ1v) is 19.5. The number of nitrogens with zero attached hydrogens (tertiary/aromatic N) is 1. The van der Waals surface area contributed by atoms with Crippen LogP contribution in [-0.2, 0) is 22.4 Å². The molecule has 0 saturated carbocycles. The zero-order valence-corrected chi connectivity index (χ0v) is 28.7. The largest absolute Gasteiger partial charge is 0.450 e. The van der Waals surface area contributed by atoms with Gasteiger partial charge in [0.15, 0.2) is 12.3 Å². The van der Waals surface area contributed by atoms with E-state index >= 15 is 0 Å². The molecule has 0 amide bonds. The lowest BCUT2D eigenvalue weighted by molar-refractivity contribution is -0.253. The highest BCUT2D eigenvalue weighted by atomic mass is 28.5. The van der Waals surface area contributed by atoms with E-state index in [0.717, 1.165) is 10.9 Å². The molecular weight excluding hydrogens is 581 g/mol. The minimum absolute atomic E-state index is 0.0471. The first-order chi connectivity index (χ1) is 20.3. The van der Waals surface area contributed by atoms with Crippen LogP contribution in [0.1, 0.15) is 78.5 Å². The van der Waals surface area contributed by atoms with Crippen LogP contribution in [0.3, 0.4) is 0 Å². The molecule has 2 aromatic heterocycles. The van der Waals surface area contributed by atoms with Gasteiger partial charge in [-0.05, 0) is 51.8 Å². The Labute approximate surface area is 257 Å². The topological polar surface area (TPSA) is 104 Å². The Morgan fingerprint density at radius 2 is 1.60 bits per heavy atom. The number of ether oxygens (including phenoxy) is 2. The van der Waals surface area contributed by atoms with Gasteiger partial charge in [-0.15, -0.1) is 0 Å². The van der Waals surface area contributed by atoms with Crippen molar-refractivity contribution in [3.8, 4) is 0 Å². The summed E-state index contributed by atoms with van der Waals surface area (Å²) >= 11 is 0. The molecule has 5 rings (SSSR count). The van der Waals surface area contributed by atoms with Gasteiger partial charge in [-0.25, -0.2) is 4.79 Å². The molecule has 0 radical (unpaired) electrons. The van der Waals surface area contributed by atoms with Crippen LogP contribution in [0, 0.1) is 0 Å². The number of benzene rings is 1. The zero-order chi connectivity index (χ0) is 31.2. The number of aromatic nitrogens is 2. The van der Waals surface area contributed by atoms with Gasteiger partial charge in [0.25, 0.3) is 0 Å². The summed E-state index contributed by atoms with van der Waals surface area (Å²) in [6, 6.07) is 13.4. The average molecular weight is 629 g/mol. The summed E-state index contributed by atoms with van der Waals surface area (Å²) in [7, 11) is -5.86. The number of aliphatic hydroxyl groups is 1. The van der Waals surface area contributed by atoms with E-state index in [4.69, 9.17) is 22.4 Å². The summed E-state index contributed by atoms with van der Waals surface area (Å²) in [6.45, 7) is 17.5. The summed E-state index contributed by atoms with van der Waals surface area (Å²) in [4.78, 5) is 16.3. The maximum atomic E-state index is 13.4. The third-order valence-electron chi connectivity index (χ3n) is 9.24. The number of hydrogen-bond donors (Lipinski definition) is 2. The molecule has 2 N–H and O–H groups in total. The van der Waals surface area contributed by atoms with Crippen molar-refractivity contribution in [2.24, 2.45) is 0 Å². The Morgan fingerprint density at radius 3 is 2.23 bits per heavy atom. The molecule has 2 aliphatic rings. The number of H-pyrrole nitrogens is 1. The fourth-order valence-electron chi connectivity index (χ4n) is 6.91. The predicted molar refractivity (Wildman–Crippen MR) is 170 cm³/mol. The maximum absolute atomic E-state index is 13.4. The van der Waals surface area contributed by atoms with Crippen molar-refractivity contribution in [2.75, 3.05) is 13.2 Å². The Morgan fingerprint density at radius 1 is 0.953 bits per heavy atom. The predicted octanol–water partition coefficient (Wildman–Crippen LogP) is 6.80. The van der Waals surface area contributed by atoms with Crippen LogP contribution >= 0.6 is 0 Å². The van der Waals surface area contributed by atoms with Gasteiger partial charge in [-0.2, -0.15) is 0 Å². The fraction of sp³-hybridized carbons (Fsp3) is 0.594. The molecule has 43 heavy (non-hydrogen) atoms. The van der Waals surface area contributed by atoms with Crippen molar-refractivity contribution >= 4 is 34.0 Å². The van der Waals surface area contributed by atoms with Gasteiger partial charge in [-0.3, -0.25) is 0 Å². The van der Waals surface area contributed by atoms with Crippen LogP contribution in [-0.4, -0.2) is 68.8 Å². The van der Waals surface area contributed by atoms with Crippen molar-refractivity contribution in [1.29, 1.82) is 0 Å². The molecule has 3 aromatic rings. The van der Waals surface area contributed by atoms with Gasteiger partial charge in [0.1, 0.15) is 11.3 Å². The van der Waals surface area contributed by atoms with Crippen LogP contribution in [0.5, 0.6) is 0 Å². The molecule has 236 valence electrons. The molecule has 2 fully saturated rings. The number of hydrogen-bond acceptors (Lipinski definition) is 7. The lowest BCUT2D eigenvalue weighted by Crippen LogP contribution is -2.67. The van der Waals surface area contributed by atoms with Gasteiger partial charge >= 0.3 is 23.1 Å². The van der Waals surface area contributed by atoms with E-state index in [-0.39, 0.29) is 41.8 Å². The second-order valence-electron chi connectivity index (χ2n) is 13.4. The summed E-state index contributed by atoms with van der Waals surface area (Å²) < 4.78 is 36.2. The Hall–Kier alpha value is -2.26. The van der Waals surface area contributed by atoms with Crippen LogP contribution in [0.15, 0.2) is 54.9 Å². The number of esters is 1. The number of nitrogens with one attached hydrogen (secondary N) is 1. The Kier molecular flexibility index (Phi) is 9.17. The molecule has 2 aliphatic heterocycles. The van der Waals surface area contributed by atoms with E-state index in [1.807, 2.05) is 41.1 Å². The minimum Gasteiger partial charge on any atom is -0.450 e. The van der Waals surface area contributed by atoms with Crippen LogP contribution in [0.25, 0.3) is 10.9 Å². The van der Waals surface area contributed by atoms with Crippen LogP contribution in [0.4, 0.5) is 0 Å². The van der Waals surface area contributed by atoms with Gasteiger partial charge in [-0.1, -0.05) is 73.6 Å². The van der Waals surface area contributed by atoms with Gasteiger partial charge in [0.05, 0.1) is 24.8 Å². The second kappa shape index (κ2) is 12.3. The molecule has 2 bridgehead atoms. The Bertz CT molecular complexity index is 1370. The molecule has 3 unspecified atom stereocenters. The van der Waals surface area contributed by atoms with E-state index in [1.54, 1.807) is 18.3 Å². The molecule has 1 aromatic carbocycles. The molecule has 11 heteroatoms. The van der Waals surface area contributed by atoms with Gasteiger partial charge < -0.3 is 37.1 Å². The summed E-state index contributed by atoms with van der Waals surface area (Å²) in [5, 5.41) is 13.7. The van der Waals surface area contributed by atoms with E-state index < -0.39 is 47.1 Å². The lowest BCUT2D eigenvalue weighted by Gasteiger charge is -2.53. The molecule has 2 saturated heterocycles. The molecular formula is C32H48N2O7Si2. The van der Waals surface area contributed by atoms with Crippen LogP contribution in [0.2, 0.25) is 22.2 Å². The second-order valence-corrected chi connectivity index (χ2v) is 22.3. The third-order valence-corrected chi connectivity index (χ3v) is 19.4. The first-order valence-electron chi connectivity index (χ1n) is 15.6. The third kappa shape index (κ3) is 5.81. The minimum atomic E-state index is -3.01. The number of fused-ring (bicyclic) bond motifs is 3. The number of carbonyl (C=O) groups excluding carboxylic acids is 1. The maximum Gasteiger partial charge on any atom is 0.355 e. The van der Waals surface area contributed by atoms with Crippen molar-refractivity contribution in [3.05, 3.63) is 60.6 Å². The highest BCUT2D eigenvalue weighted by molar-refractivity contribution is 6.83. The summed E-state index contributed by atoms with van der Waals surface area (Å²) in [5.41, 5.74) is 0.142. The highest BCUT2D eigenvalue weighted by Gasteiger charge is 2.60. The van der Waals surface area contributed by atoms with E-state index in [0.29, 0.717) is 5.69 Å². The van der Waals surface area contributed by atoms with Crippen LogP contribution < -0.4 is 0 Å². The van der Waals surface area contributed by atoms with Gasteiger partial charge in [0, 0.05) is 18.8 Å². The van der Waals surface area contributed by atoms with E-state index in [2.05, 4.69) is 60.4 Å². The fourth-order valence-corrected chi connectivity index (χ4v) is 18.1. The van der Waals surface area contributed by atoms with Crippen molar-refractivity contribution in [1.82, 2.24) is 9.55 Å².